The molecule has 19 heavy (non-hydrogen) atoms. The zero-order valence-corrected chi connectivity index (χ0v) is 12.5. The lowest BCUT2D eigenvalue weighted by Gasteiger charge is -2.35. The zero-order chi connectivity index (χ0) is 13.5. The van der Waals surface area contributed by atoms with Crippen LogP contribution in [0.15, 0.2) is 0 Å². The number of amides is 1. The summed E-state index contributed by atoms with van der Waals surface area (Å²) in [6.07, 6.45) is 11.2. The van der Waals surface area contributed by atoms with Crippen LogP contribution < -0.4 is 5.32 Å². The van der Waals surface area contributed by atoms with Crippen LogP contribution in [0, 0.1) is 5.92 Å². The number of carbonyl (C=O) groups is 1. The molecule has 2 aliphatic carbocycles. The average Bonchev–Trinajstić information content (AvgIpc) is 3.13. The molecule has 0 bridgehead atoms. The molecule has 0 aromatic heterocycles. The van der Waals surface area contributed by atoms with E-state index in [0.717, 1.165) is 25.7 Å². The average molecular weight is 264 g/mol. The van der Waals surface area contributed by atoms with Crippen molar-refractivity contribution in [3.05, 3.63) is 0 Å². The van der Waals surface area contributed by atoms with Crippen molar-refractivity contribution in [2.24, 2.45) is 5.92 Å². The fraction of sp³-hybridized carbons (Fsp3) is 0.938. The van der Waals surface area contributed by atoms with Gasteiger partial charge in [-0.1, -0.05) is 39.5 Å². The summed E-state index contributed by atoms with van der Waals surface area (Å²) in [5.74, 6) is 1.09. The summed E-state index contributed by atoms with van der Waals surface area (Å²) in [6.45, 7) is 4.57. The minimum atomic E-state index is -0.133. The van der Waals surface area contributed by atoms with Crippen molar-refractivity contribution in [3.63, 3.8) is 0 Å². The van der Waals surface area contributed by atoms with Crippen molar-refractivity contribution < 1.29 is 4.79 Å². The molecule has 1 N–H and O–H groups in total. The number of carbonyl (C=O) groups excluding carboxylic acids is 1. The van der Waals surface area contributed by atoms with E-state index in [-0.39, 0.29) is 5.54 Å². The van der Waals surface area contributed by atoms with Gasteiger partial charge in [-0.2, -0.15) is 0 Å². The van der Waals surface area contributed by atoms with Gasteiger partial charge in [0.1, 0.15) is 0 Å². The van der Waals surface area contributed by atoms with Crippen molar-refractivity contribution in [2.75, 3.05) is 0 Å². The predicted octanol–water partition coefficient (Wildman–Crippen LogP) is 3.05. The highest BCUT2D eigenvalue weighted by atomic mass is 16.2. The molecule has 3 nitrogen and oxygen atoms in total. The molecule has 3 fully saturated rings. The van der Waals surface area contributed by atoms with Gasteiger partial charge >= 0.3 is 0 Å². The van der Waals surface area contributed by atoms with Crippen LogP contribution in [0.3, 0.4) is 0 Å². The quantitative estimate of drug-likeness (QED) is 0.795. The highest BCUT2D eigenvalue weighted by Crippen LogP contribution is 2.45. The van der Waals surface area contributed by atoms with Crippen molar-refractivity contribution in [2.45, 2.75) is 89.4 Å². The van der Waals surface area contributed by atoms with Crippen LogP contribution in [0.1, 0.15) is 71.6 Å². The molecule has 3 rings (SSSR count). The summed E-state index contributed by atoms with van der Waals surface area (Å²) in [4.78, 5) is 15.1. The summed E-state index contributed by atoms with van der Waals surface area (Å²) < 4.78 is 0. The molecule has 0 aromatic carbocycles. The van der Waals surface area contributed by atoms with Crippen molar-refractivity contribution in [3.8, 4) is 0 Å². The Morgan fingerprint density at radius 3 is 2.68 bits per heavy atom. The largest absolute Gasteiger partial charge is 0.322 e. The summed E-state index contributed by atoms with van der Waals surface area (Å²) >= 11 is 0. The highest BCUT2D eigenvalue weighted by molar-refractivity contribution is 5.92. The number of hydrogen-bond acceptors (Lipinski definition) is 2. The smallest absolute Gasteiger partial charge is 0.244 e. The summed E-state index contributed by atoms with van der Waals surface area (Å²) in [5, 5.41) is 3.66. The normalized spacial score (nSPS) is 37.7. The van der Waals surface area contributed by atoms with E-state index in [0.29, 0.717) is 24.0 Å². The maximum Gasteiger partial charge on any atom is 0.244 e. The van der Waals surface area contributed by atoms with Crippen molar-refractivity contribution in [1.82, 2.24) is 10.2 Å². The third-order valence-electron chi connectivity index (χ3n) is 5.41. The van der Waals surface area contributed by atoms with E-state index < -0.39 is 0 Å². The van der Waals surface area contributed by atoms with Gasteiger partial charge in [-0.25, -0.2) is 0 Å². The Hall–Kier alpha value is -0.570. The molecule has 0 aromatic rings. The van der Waals surface area contributed by atoms with E-state index in [2.05, 4.69) is 24.1 Å². The minimum Gasteiger partial charge on any atom is -0.322 e. The molecule has 1 spiro atoms. The Labute approximate surface area is 117 Å². The van der Waals surface area contributed by atoms with E-state index in [1.165, 1.54) is 32.1 Å². The van der Waals surface area contributed by atoms with Gasteiger partial charge in [-0.3, -0.25) is 10.1 Å². The molecule has 3 aliphatic rings. The van der Waals surface area contributed by atoms with Gasteiger partial charge in [0.2, 0.25) is 5.91 Å². The van der Waals surface area contributed by atoms with E-state index in [1.807, 2.05) is 0 Å². The number of rotatable bonds is 3. The van der Waals surface area contributed by atoms with E-state index in [1.54, 1.807) is 0 Å². The van der Waals surface area contributed by atoms with Crippen LogP contribution >= 0.6 is 0 Å². The van der Waals surface area contributed by atoms with Gasteiger partial charge in [0, 0.05) is 6.04 Å². The molecule has 108 valence electrons. The first-order chi connectivity index (χ1) is 9.18. The summed E-state index contributed by atoms with van der Waals surface area (Å²) in [6, 6.07) is 0.485. The maximum absolute atomic E-state index is 12.8. The van der Waals surface area contributed by atoms with Crippen LogP contribution in [-0.2, 0) is 4.79 Å². The first-order valence-electron chi connectivity index (χ1n) is 8.28. The molecule has 3 unspecified atom stereocenters. The van der Waals surface area contributed by atoms with E-state index in [9.17, 15) is 4.79 Å². The molecule has 2 saturated carbocycles. The third kappa shape index (κ3) is 2.31. The Kier molecular flexibility index (Phi) is 3.59. The molecule has 3 atom stereocenters. The van der Waals surface area contributed by atoms with Crippen LogP contribution in [0.5, 0.6) is 0 Å². The molecular formula is C16H28N2O. The zero-order valence-electron chi connectivity index (χ0n) is 12.5. The predicted molar refractivity (Wildman–Crippen MR) is 76.7 cm³/mol. The second-order valence-corrected chi connectivity index (χ2v) is 6.93. The van der Waals surface area contributed by atoms with Crippen LogP contribution in [0.25, 0.3) is 0 Å². The van der Waals surface area contributed by atoms with Crippen molar-refractivity contribution in [1.29, 1.82) is 0 Å². The Morgan fingerprint density at radius 1 is 1.26 bits per heavy atom. The standard InChI is InChI=1S/C16H28N2O/c1-3-7-14-17-16(10-11-16)15(19)18(14)13-9-6-4-5-8-12(13)2/h12-14,17H,3-11H2,1-2H3. The first kappa shape index (κ1) is 13.4. The van der Waals surface area contributed by atoms with Crippen LogP contribution in [-0.4, -0.2) is 28.6 Å². The first-order valence-corrected chi connectivity index (χ1v) is 8.28. The number of hydrogen-bond donors (Lipinski definition) is 1. The summed E-state index contributed by atoms with van der Waals surface area (Å²) in [5.41, 5.74) is -0.133. The summed E-state index contributed by atoms with van der Waals surface area (Å²) in [7, 11) is 0. The molecule has 1 aliphatic heterocycles. The molecule has 0 radical (unpaired) electrons. The van der Waals surface area contributed by atoms with E-state index >= 15 is 0 Å². The minimum absolute atomic E-state index is 0.133. The lowest BCUT2D eigenvalue weighted by Crippen LogP contribution is -2.47. The van der Waals surface area contributed by atoms with Gasteiger partial charge in [0.15, 0.2) is 0 Å². The lowest BCUT2D eigenvalue weighted by molar-refractivity contribution is -0.134. The van der Waals surface area contributed by atoms with Gasteiger partial charge in [-0.05, 0) is 38.0 Å². The lowest BCUT2D eigenvalue weighted by atomic mass is 9.94. The van der Waals surface area contributed by atoms with Gasteiger partial charge in [0.05, 0.1) is 11.7 Å². The maximum atomic E-state index is 12.8. The van der Waals surface area contributed by atoms with Gasteiger partial charge in [-0.15, -0.1) is 0 Å². The van der Waals surface area contributed by atoms with Crippen molar-refractivity contribution >= 4 is 5.91 Å². The Morgan fingerprint density at radius 2 is 2.00 bits per heavy atom. The molecule has 1 amide bonds. The molecule has 1 saturated heterocycles. The topological polar surface area (TPSA) is 32.3 Å². The molecule has 1 heterocycles. The Balaban J connectivity index is 1.80. The number of nitrogens with one attached hydrogen (secondary N) is 1. The van der Waals surface area contributed by atoms with E-state index in [4.69, 9.17) is 0 Å². The fourth-order valence-corrected chi connectivity index (χ4v) is 4.08. The molecular weight excluding hydrogens is 236 g/mol. The molecule has 3 heteroatoms. The number of nitrogens with zero attached hydrogens (tertiary/aromatic N) is 1. The monoisotopic (exact) mass is 264 g/mol. The Bertz CT molecular complexity index is 351. The SMILES string of the molecule is CCCC1NC2(CC2)C(=O)N1C1CCCCCC1C. The third-order valence-corrected chi connectivity index (χ3v) is 5.41. The van der Waals surface area contributed by atoms with Gasteiger partial charge in [0.25, 0.3) is 0 Å². The van der Waals surface area contributed by atoms with Crippen LogP contribution in [0.4, 0.5) is 0 Å². The van der Waals surface area contributed by atoms with Gasteiger partial charge < -0.3 is 4.90 Å². The highest BCUT2D eigenvalue weighted by Gasteiger charge is 2.60. The van der Waals surface area contributed by atoms with Crippen LogP contribution in [0.2, 0.25) is 0 Å². The second kappa shape index (κ2) is 5.08. The second-order valence-electron chi connectivity index (χ2n) is 6.93. The fourth-order valence-electron chi connectivity index (χ4n) is 4.08.